The number of nitrogens with one attached hydrogen (secondary N) is 1. The normalized spacial score (nSPS) is 12.1. The lowest BCUT2D eigenvalue weighted by molar-refractivity contribution is -0.134. The summed E-state index contributed by atoms with van der Waals surface area (Å²) >= 11 is 0. The van der Waals surface area contributed by atoms with Crippen LogP contribution in [0.2, 0.25) is 0 Å². The maximum Gasteiger partial charge on any atom is 0.246 e. The van der Waals surface area contributed by atoms with E-state index in [0.717, 1.165) is 25.9 Å². The van der Waals surface area contributed by atoms with E-state index in [2.05, 4.69) is 58.7 Å². The van der Waals surface area contributed by atoms with Crippen LogP contribution in [0.4, 0.5) is 0 Å². The fraction of sp³-hybridized carbons (Fsp3) is 0.886. The quantitative estimate of drug-likeness (QED) is 0.0601. The molecule has 0 spiro atoms. The zero-order chi connectivity index (χ0) is 43.5. The minimum Gasteiger partial charge on any atom is -0.379 e. The van der Waals surface area contributed by atoms with Gasteiger partial charge in [-0.25, -0.2) is 0 Å². The number of Topliss-reactive ketones (excluding diaryl/α,β-unsaturated/α-hetero) is 2. The van der Waals surface area contributed by atoms with Gasteiger partial charge in [0.1, 0.15) is 19.0 Å². The molecular formula is C44H83NO12. The van der Waals surface area contributed by atoms with Gasteiger partial charge in [-0.2, -0.15) is 0 Å². The van der Waals surface area contributed by atoms with Crippen molar-refractivity contribution in [2.75, 3.05) is 125 Å². The van der Waals surface area contributed by atoms with Gasteiger partial charge in [-0.05, 0) is 39.0 Å². The van der Waals surface area contributed by atoms with E-state index < -0.39 is 5.41 Å². The summed E-state index contributed by atoms with van der Waals surface area (Å²) in [7, 11) is 0. The Morgan fingerprint density at radius 1 is 0.456 bits per heavy atom. The molecule has 0 aliphatic heterocycles. The van der Waals surface area contributed by atoms with Crippen molar-refractivity contribution in [3.63, 3.8) is 0 Å². The van der Waals surface area contributed by atoms with Crippen molar-refractivity contribution in [2.24, 2.45) is 21.7 Å². The summed E-state index contributed by atoms with van der Waals surface area (Å²) in [6, 6.07) is 0. The third kappa shape index (κ3) is 46.6. The standard InChI is InChI=1S/C30H59NO11.C14H24O/c1-29(2,3)7-9-34-11-13-36-15-17-38-19-21-40-23-24-41-22-20-39-18-16-37-14-12-35-10-8-31-28(33)26-42-25-27(32)30(4,5)6;1-13(2,3)11-9-7-8-10-12(15)14(4,5)6/h7-26H2,1-6H3,(H,31,33);7-8,10H2,1-6H3. The number of unbranched alkanes of at least 4 members (excludes halogenated alkanes) is 1. The summed E-state index contributed by atoms with van der Waals surface area (Å²) in [5.41, 5.74) is -0.294. The third-order valence-corrected chi connectivity index (χ3v) is 7.48. The molecule has 0 saturated heterocycles. The second kappa shape index (κ2) is 34.8. The molecule has 0 rings (SSSR count). The molecule has 57 heavy (non-hydrogen) atoms. The fourth-order valence-electron chi connectivity index (χ4n) is 3.83. The van der Waals surface area contributed by atoms with Crippen molar-refractivity contribution in [3.05, 3.63) is 0 Å². The second-order valence-corrected chi connectivity index (χ2v) is 17.8. The van der Waals surface area contributed by atoms with Crippen LogP contribution in [0.1, 0.15) is 109 Å². The monoisotopic (exact) mass is 818 g/mol. The zero-order valence-electron chi connectivity index (χ0n) is 38.2. The number of ether oxygens (including phenoxy) is 9. The molecule has 0 fully saturated rings. The zero-order valence-corrected chi connectivity index (χ0v) is 38.2. The molecule has 0 aliphatic rings. The van der Waals surface area contributed by atoms with Gasteiger partial charge in [-0.15, -0.1) is 5.92 Å². The van der Waals surface area contributed by atoms with Crippen LogP contribution in [0.15, 0.2) is 0 Å². The van der Waals surface area contributed by atoms with Crippen LogP contribution in [0.3, 0.4) is 0 Å². The molecule has 0 aromatic rings. The van der Waals surface area contributed by atoms with Crippen LogP contribution >= 0.6 is 0 Å². The van der Waals surface area contributed by atoms with E-state index in [0.29, 0.717) is 123 Å². The molecule has 0 aromatic heterocycles. The van der Waals surface area contributed by atoms with Crippen molar-refractivity contribution in [1.29, 1.82) is 0 Å². The van der Waals surface area contributed by atoms with Crippen molar-refractivity contribution in [1.82, 2.24) is 5.32 Å². The first-order chi connectivity index (χ1) is 26.6. The molecular weight excluding hydrogens is 734 g/mol. The number of carbonyl (C=O) groups excluding carboxylic acids is 3. The molecule has 0 aromatic carbocycles. The molecule has 0 bridgehead atoms. The first-order valence-corrected chi connectivity index (χ1v) is 20.7. The van der Waals surface area contributed by atoms with Crippen molar-refractivity contribution < 1.29 is 57.0 Å². The summed E-state index contributed by atoms with van der Waals surface area (Å²) in [5.74, 6) is 6.31. The highest BCUT2D eigenvalue weighted by Gasteiger charge is 2.21. The Kier molecular flexibility index (Phi) is 34.9. The van der Waals surface area contributed by atoms with Gasteiger partial charge in [0.25, 0.3) is 0 Å². The minimum absolute atomic E-state index is 0.0432. The summed E-state index contributed by atoms with van der Waals surface area (Å²) in [6.45, 7) is 32.6. The van der Waals surface area contributed by atoms with Crippen LogP contribution in [-0.4, -0.2) is 143 Å². The van der Waals surface area contributed by atoms with Gasteiger partial charge in [0.2, 0.25) is 5.91 Å². The Morgan fingerprint density at radius 2 is 0.825 bits per heavy atom. The maximum atomic E-state index is 11.7. The van der Waals surface area contributed by atoms with Crippen molar-refractivity contribution in [2.45, 2.75) is 109 Å². The lowest BCUT2D eigenvalue weighted by Gasteiger charge is -2.17. The first-order valence-electron chi connectivity index (χ1n) is 20.7. The van der Waals surface area contributed by atoms with E-state index in [1.807, 2.05) is 41.5 Å². The largest absolute Gasteiger partial charge is 0.379 e. The van der Waals surface area contributed by atoms with E-state index >= 15 is 0 Å². The first kappa shape index (κ1) is 57.1. The van der Waals surface area contributed by atoms with Crippen LogP contribution in [-0.2, 0) is 57.0 Å². The molecule has 13 heteroatoms. The fourth-order valence-corrected chi connectivity index (χ4v) is 3.83. The number of carbonyl (C=O) groups is 3. The van der Waals surface area contributed by atoms with Crippen LogP contribution in [0, 0.1) is 33.5 Å². The molecule has 0 unspecified atom stereocenters. The smallest absolute Gasteiger partial charge is 0.246 e. The summed E-state index contributed by atoms with van der Waals surface area (Å²) in [5, 5.41) is 2.67. The van der Waals surface area contributed by atoms with Crippen LogP contribution in [0.25, 0.3) is 0 Å². The second-order valence-electron chi connectivity index (χ2n) is 17.8. The third-order valence-electron chi connectivity index (χ3n) is 7.48. The molecule has 0 radical (unpaired) electrons. The lowest BCUT2D eigenvalue weighted by Crippen LogP contribution is -2.33. The van der Waals surface area contributed by atoms with Gasteiger partial charge in [0.15, 0.2) is 5.78 Å². The van der Waals surface area contributed by atoms with Crippen LogP contribution in [0.5, 0.6) is 0 Å². The van der Waals surface area contributed by atoms with E-state index in [1.54, 1.807) is 0 Å². The molecule has 1 amide bonds. The molecule has 0 aliphatic carbocycles. The molecule has 336 valence electrons. The van der Waals surface area contributed by atoms with Crippen molar-refractivity contribution in [3.8, 4) is 11.8 Å². The number of hydrogen-bond acceptors (Lipinski definition) is 12. The molecule has 13 nitrogen and oxygen atoms in total. The summed E-state index contributed by atoms with van der Waals surface area (Å²) < 4.78 is 48.8. The Bertz CT molecular complexity index is 1060. The highest BCUT2D eigenvalue weighted by atomic mass is 16.6. The minimum atomic E-state index is -0.473. The van der Waals surface area contributed by atoms with Crippen LogP contribution < -0.4 is 5.32 Å². The van der Waals surface area contributed by atoms with Gasteiger partial charge in [-0.1, -0.05) is 68.2 Å². The highest BCUT2D eigenvalue weighted by molar-refractivity contribution is 5.85. The van der Waals surface area contributed by atoms with E-state index in [4.69, 9.17) is 42.6 Å². The Balaban J connectivity index is 0. The van der Waals surface area contributed by atoms with E-state index in [1.165, 1.54) is 0 Å². The van der Waals surface area contributed by atoms with Gasteiger partial charge in [0, 0.05) is 42.2 Å². The molecule has 0 atom stereocenters. The Morgan fingerprint density at radius 3 is 1.18 bits per heavy atom. The topological polar surface area (TPSA) is 146 Å². The van der Waals surface area contributed by atoms with Gasteiger partial charge in [0.05, 0.1) is 99.1 Å². The van der Waals surface area contributed by atoms with Gasteiger partial charge >= 0.3 is 0 Å². The van der Waals surface area contributed by atoms with Gasteiger partial charge in [-0.3, -0.25) is 14.4 Å². The lowest BCUT2D eigenvalue weighted by atomic mass is 9.88. The van der Waals surface area contributed by atoms with Crippen molar-refractivity contribution >= 4 is 17.5 Å². The summed E-state index contributed by atoms with van der Waals surface area (Å²) in [4.78, 5) is 35.0. The van der Waals surface area contributed by atoms with Gasteiger partial charge < -0.3 is 47.9 Å². The number of ketones is 2. The predicted octanol–water partition coefficient (Wildman–Crippen LogP) is 6.12. The van der Waals surface area contributed by atoms with E-state index in [9.17, 15) is 14.4 Å². The Labute approximate surface area is 346 Å². The molecule has 0 saturated carbocycles. The molecule has 0 heterocycles. The number of hydrogen-bond donors (Lipinski definition) is 1. The molecule has 1 N–H and O–H groups in total. The van der Waals surface area contributed by atoms with E-state index in [-0.39, 0.29) is 35.7 Å². The predicted molar refractivity (Wildman–Crippen MR) is 224 cm³/mol. The maximum absolute atomic E-state index is 11.7. The number of rotatable bonds is 33. The summed E-state index contributed by atoms with van der Waals surface area (Å²) in [6.07, 6.45) is 3.42. The average molecular weight is 818 g/mol. The SMILES string of the molecule is CC(C)(C)C#CCCCC(=O)C(C)(C)C.CC(C)(C)CCOCCOCCOCCOCCOCCOCCOCCOCCNC(=O)COCC(=O)C(C)(C)C. The highest BCUT2D eigenvalue weighted by Crippen LogP contribution is 2.19. The Hall–Kier alpha value is -1.99. The number of amides is 1. The average Bonchev–Trinajstić information content (AvgIpc) is 3.09.